The van der Waals surface area contributed by atoms with E-state index in [-0.39, 0.29) is 18.0 Å². The van der Waals surface area contributed by atoms with Crippen molar-refractivity contribution in [2.75, 3.05) is 26.2 Å². The van der Waals surface area contributed by atoms with E-state index in [1.807, 2.05) is 6.07 Å². The predicted octanol–water partition coefficient (Wildman–Crippen LogP) is 3.73. The van der Waals surface area contributed by atoms with Crippen molar-refractivity contribution < 1.29 is 13.2 Å². The molecule has 3 aromatic rings. The lowest BCUT2D eigenvalue weighted by Gasteiger charge is -2.45. The molecule has 1 N–H and O–H groups in total. The smallest absolute Gasteiger partial charge is 0.242 e. The maximum Gasteiger partial charge on any atom is 0.242 e. The Morgan fingerprint density at radius 2 is 1.91 bits per heavy atom. The fraction of sp³-hybridized carbons (Fsp3) is 0.407. The van der Waals surface area contributed by atoms with Gasteiger partial charge in [-0.15, -0.1) is 0 Å². The highest BCUT2D eigenvalue weighted by Crippen LogP contribution is 2.40. The monoisotopic (exact) mass is 479 g/mol. The highest BCUT2D eigenvalue weighted by atomic mass is 32.2. The fourth-order valence-electron chi connectivity index (χ4n) is 5.24. The van der Waals surface area contributed by atoms with E-state index in [4.69, 9.17) is 4.74 Å². The van der Waals surface area contributed by atoms with Crippen molar-refractivity contribution in [3.8, 4) is 5.75 Å². The number of aromatic nitrogens is 1. The summed E-state index contributed by atoms with van der Waals surface area (Å²) in [6.07, 6.45) is 7.93. The average molecular weight is 480 g/mol. The number of aryl methyl sites for hydroxylation is 2. The largest absolute Gasteiger partial charge is 0.492 e. The number of benzene rings is 2. The SMILES string of the molecule is Cn1ccc(S(=O)(=O)NCCOc2ccc3c(c2)C(Cc2ccccc2)C(N2CCC2)CC3)c1. The molecule has 2 aromatic carbocycles. The molecule has 5 rings (SSSR count). The van der Waals surface area contributed by atoms with Crippen LogP contribution < -0.4 is 9.46 Å². The van der Waals surface area contributed by atoms with Crippen molar-refractivity contribution in [1.82, 2.24) is 14.2 Å². The molecular formula is C27H33N3O3S. The predicted molar refractivity (Wildman–Crippen MR) is 134 cm³/mol. The molecule has 7 heteroatoms. The third-order valence-electron chi connectivity index (χ3n) is 7.13. The zero-order chi connectivity index (χ0) is 23.5. The summed E-state index contributed by atoms with van der Waals surface area (Å²) in [6.45, 7) is 2.90. The molecule has 1 aromatic heterocycles. The van der Waals surface area contributed by atoms with Gasteiger partial charge in [0.15, 0.2) is 0 Å². The Labute approximate surface area is 202 Å². The summed E-state index contributed by atoms with van der Waals surface area (Å²) in [6, 6.07) is 19.3. The Bertz CT molecular complexity index is 1220. The zero-order valence-corrected chi connectivity index (χ0v) is 20.5. The van der Waals surface area contributed by atoms with Gasteiger partial charge in [-0.1, -0.05) is 36.4 Å². The molecular weight excluding hydrogens is 446 g/mol. The summed E-state index contributed by atoms with van der Waals surface area (Å²) in [4.78, 5) is 2.91. The highest BCUT2D eigenvalue weighted by molar-refractivity contribution is 7.89. The Balaban J connectivity index is 1.28. The maximum atomic E-state index is 12.4. The summed E-state index contributed by atoms with van der Waals surface area (Å²) >= 11 is 0. The molecule has 1 saturated heterocycles. The van der Waals surface area contributed by atoms with Crippen LogP contribution in [0.4, 0.5) is 0 Å². The van der Waals surface area contributed by atoms with E-state index in [9.17, 15) is 8.42 Å². The number of fused-ring (bicyclic) bond motifs is 1. The summed E-state index contributed by atoms with van der Waals surface area (Å²) in [5.41, 5.74) is 4.16. The molecule has 1 aliphatic heterocycles. The van der Waals surface area contributed by atoms with Gasteiger partial charge in [0.2, 0.25) is 10.0 Å². The molecule has 0 saturated carbocycles. The fourth-order valence-corrected chi connectivity index (χ4v) is 6.30. The number of hydrogen-bond acceptors (Lipinski definition) is 4. The molecule has 0 radical (unpaired) electrons. The van der Waals surface area contributed by atoms with Crippen molar-refractivity contribution in [2.45, 2.75) is 42.5 Å². The molecule has 2 heterocycles. The number of likely N-dealkylation sites (tertiary alicyclic amines) is 1. The molecule has 2 unspecified atom stereocenters. The molecule has 0 spiro atoms. The van der Waals surface area contributed by atoms with Gasteiger partial charge >= 0.3 is 0 Å². The molecule has 0 bridgehead atoms. The first-order valence-electron chi connectivity index (χ1n) is 12.1. The molecule has 1 aliphatic carbocycles. The first-order chi connectivity index (χ1) is 16.5. The standard InChI is InChI=1S/C27H33N3O3S/c1-29-16-12-24(20-29)34(31,32)28-13-17-33-23-10-8-22-9-11-27(30-14-5-15-30)26(25(22)19-23)18-21-6-3-2-4-7-21/h2-4,6-8,10,12,16,19-20,26-28H,5,9,11,13-15,17-18H2,1H3. The highest BCUT2D eigenvalue weighted by Gasteiger charge is 2.36. The van der Waals surface area contributed by atoms with Crippen LogP contribution in [-0.2, 0) is 29.9 Å². The molecule has 2 atom stereocenters. The maximum absolute atomic E-state index is 12.4. The van der Waals surface area contributed by atoms with Crippen LogP contribution in [0.5, 0.6) is 5.75 Å². The Hall–Kier alpha value is -2.61. The Morgan fingerprint density at radius 1 is 1.09 bits per heavy atom. The molecule has 1 fully saturated rings. The number of nitrogens with one attached hydrogen (secondary N) is 1. The Morgan fingerprint density at radius 3 is 2.62 bits per heavy atom. The number of nitrogens with zero attached hydrogens (tertiary/aromatic N) is 2. The van der Waals surface area contributed by atoms with Crippen LogP contribution in [-0.4, -0.2) is 50.2 Å². The van der Waals surface area contributed by atoms with E-state index >= 15 is 0 Å². The van der Waals surface area contributed by atoms with Gasteiger partial charge < -0.3 is 9.30 Å². The lowest BCUT2D eigenvalue weighted by Crippen LogP contribution is -2.49. The van der Waals surface area contributed by atoms with Crippen LogP contribution in [0.3, 0.4) is 0 Å². The molecule has 180 valence electrons. The van der Waals surface area contributed by atoms with E-state index in [0.29, 0.717) is 12.0 Å². The Kier molecular flexibility index (Phi) is 6.77. The van der Waals surface area contributed by atoms with Crippen LogP contribution in [0.15, 0.2) is 71.9 Å². The van der Waals surface area contributed by atoms with Gasteiger partial charge in [0.1, 0.15) is 12.4 Å². The minimum absolute atomic E-state index is 0.220. The van der Waals surface area contributed by atoms with Crippen LogP contribution in [0.1, 0.15) is 35.4 Å². The summed E-state index contributed by atoms with van der Waals surface area (Å²) in [7, 11) is -1.72. The van der Waals surface area contributed by atoms with Crippen molar-refractivity contribution >= 4 is 10.0 Å². The summed E-state index contributed by atoms with van der Waals surface area (Å²) in [5, 5.41) is 0. The van der Waals surface area contributed by atoms with E-state index < -0.39 is 10.0 Å². The number of hydrogen-bond donors (Lipinski definition) is 1. The van der Waals surface area contributed by atoms with Gasteiger partial charge in [0.05, 0.1) is 4.90 Å². The van der Waals surface area contributed by atoms with Crippen molar-refractivity contribution in [2.24, 2.45) is 7.05 Å². The van der Waals surface area contributed by atoms with Gasteiger partial charge in [0.25, 0.3) is 0 Å². The summed E-state index contributed by atoms with van der Waals surface area (Å²) in [5.74, 6) is 1.24. The van der Waals surface area contributed by atoms with Crippen molar-refractivity contribution in [1.29, 1.82) is 0 Å². The number of sulfonamides is 1. The summed E-state index contributed by atoms with van der Waals surface area (Å²) < 4.78 is 35.2. The zero-order valence-electron chi connectivity index (χ0n) is 19.7. The van der Waals surface area contributed by atoms with Gasteiger partial charge in [-0.3, -0.25) is 4.90 Å². The minimum atomic E-state index is -3.52. The lowest BCUT2D eigenvalue weighted by molar-refractivity contribution is 0.0876. The third kappa shape index (κ3) is 5.06. The van der Waals surface area contributed by atoms with Gasteiger partial charge in [-0.2, -0.15) is 0 Å². The van der Waals surface area contributed by atoms with E-state index in [2.05, 4.69) is 52.1 Å². The van der Waals surface area contributed by atoms with Gasteiger partial charge in [-0.05, 0) is 73.7 Å². The van der Waals surface area contributed by atoms with Crippen molar-refractivity contribution in [3.05, 3.63) is 83.7 Å². The van der Waals surface area contributed by atoms with E-state index in [0.717, 1.165) is 18.6 Å². The molecule has 2 aliphatic rings. The molecule has 0 amide bonds. The minimum Gasteiger partial charge on any atom is -0.492 e. The van der Waals surface area contributed by atoms with Crippen LogP contribution >= 0.6 is 0 Å². The lowest BCUT2D eigenvalue weighted by atomic mass is 9.75. The molecule has 6 nitrogen and oxygen atoms in total. The average Bonchev–Trinajstić information content (AvgIpc) is 3.25. The van der Waals surface area contributed by atoms with Gasteiger partial charge in [-0.25, -0.2) is 13.1 Å². The molecule has 34 heavy (non-hydrogen) atoms. The van der Waals surface area contributed by atoms with Crippen LogP contribution in [0.2, 0.25) is 0 Å². The number of rotatable bonds is 9. The topological polar surface area (TPSA) is 63.6 Å². The second kappa shape index (κ2) is 9.94. The van der Waals surface area contributed by atoms with Crippen LogP contribution in [0.25, 0.3) is 0 Å². The second-order valence-electron chi connectivity index (χ2n) is 9.41. The van der Waals surface area contributed by atoms with Gasteiger partial charge in [0, 0.05) is 37.9 Å². The van der Waals surface area contributed by atoms with Crippen LogP contribution in [0, 0.1) is 0 Å². The second-order valence-corrected chi connectivity index (χ2v) is 11.2. The first-order valence-corrected chi connectivity index (χ1v) is 13.6. The normalized spacial score (nSPS) is 20.5. The number of ether oxygens (including phenoxy) is 1. The third-order valence-corrected chi connectivity index (χ3v) is 8.57. The first kappa shape index (κ1) is 23.1. The van der Waals surface area contributed by atoms with E-state index in [1.54, 1.807) is 30.1 Å². The van der Waals surface area contributed by atoms with E-state index in [1.165, 1.54) is 42.6 Å². The van der Waals surface area contributed by atoms with Crippen molar-refractivity contribution in [3.63, 3.8) is 0 Å². The quantitative estimate of drug-likeness (QED) is 0.475.